The van der Waals surface area contributed by atoms with Gasteiger partial charge in [-0.25, -0.2) is 9.97 Å². The molecule has 0 spiro atoms. The van der Waals surface area contributed by atoms with Crippen LogP contribution in [0.5, 0.6) is 0 Å². The first-order valence-electron chi connectivity index (χ1n) is 21.7. The number of aromatic nitrogens is 4. The minimum atomic E-state index is -0.0179. The second kappa shape index (κ2) is 16.1. The summed E-state index contributed by atoms with van der Waals surface area (Å²) in [6.07, 6.45) is 10.00. The zero-order valence-corrected chi connectivity index (χ0v) is 34.5. The molecule has 11 rings (SSSR count). The van der Waals surface area contributed by atoms with Crippen molar-refractivity contribution in [2.24, 2.45) is 0 Å². The van der Waals surface area contributed by atoms with Gasteiger partial charge in [0, 0.05) is 39.7 Å². The van der Waals surface area contributed by atoms with Crippen molar-refractivity contribution in [3.8, 4) is 67.3 Å². The lowest BCUT2D eigenvalue weighted by Crippen LogP contribution is -2.30. The first-order valence-corrected chi connectivity index (χ1v) is 21.7. The molecule has 0 bridgehead atoms. The van der Waals surface area contributed by atoms with Gasteiger partial charge in [-0.1, -0.05) is 177 Å². The van der Waals surface area contributed by atoms with Gasteiger partial charge in [0.25, 0.3) is 0 Å². The van der Waals surface area contributed by atoms with Crippen LogP contribution < -0.4 is 0 Å². The number of hydrogen-bond acceptors (Lipinski definition) is 4. The summed E-state index contributed by atoms with van der Waals surface area (Å²) < 4.78 is 0. The van der Waals surface area contributed by atoms with E-state index in [-0.39, 0.29) is 5.41 Å². The van der Waals surface area contributed by atoms with Crippen LogP contribution in [-0.2, 0) is 5.41 Å². The Balaban J connectivity index is 0.844. The van der Waals surface area contributed by atoms with Crippen molar-refractivity contribution in [3.05, 3.63) is 218 Å². The number of nitrogens with zero attached hydrogens (tertiary/aromatic N) is 4. The van der Waals surface area contributed by atoms with Gasteiger partial charge in [0.2, 0.25) is 0 Å². The Morgan fingerprint density at radius 1 is 0.323 bits per heavy atom. The molecule has 0 N–H and O–H groups in total. The van der Waals surface area contributed by atoms with E-state index in [2.05, 4.69) is 182 Å². The first kappa shape index (κ1) is 37.4. The average Bonchev–Trinajstić information content (AvgIpc) is 3.36. The Hall–Kier alpha value is -7.56. The lowest BCUT2D eigenvalue weighted by Gasteiger charge is -2.39. The van der Waals surface area contributed by atoms with Gasteiger partial charge < -0.3 is 0 Å². The third-order valence-corrected chi connectivity index (χ3v) is 12.9. The van der Waals surface area contributed by atoms with Crippen molar-refractivity contribution in [1.82, 2.24) is 19.9 Å². The van der Waals surface area contributed by atoms with E-state index in [9.17, 15) is 0 Å². The molecule has 1 aliphatic carbocycles. The van der Waals surface area contributed by atoms with E-state index < -0.39 is 0 Å². The van der Waals surface area contributed by atoms with Crippen LogP contribution in [0.3, 0.4) is 0 Å². The Morgan fingerprint density at radius 3 is 1.15 bits per heavy atom. The van der Waals surface area contributed by atoms with Crippen molar-refractivity contribution in [3.63, 3.8) is 0 Å². The third kappa shape index (κ3) is 7.04. The second-order valence-corrected chi connectivity index (χ2v) is 16.5. The molecule has 0 radical (unpaired) electrons. The molecular weight excluding hydrogens is 753 g/mol. The van der Waals surface area contributed by atoms with Gasteiger partial charge in [-0.15, -0.1) is 0 Å². The molecule has 0 unspecified atom stereocenters. The quantitative estimate of drug-likeness (QED) is 0.154. The molecule has 296 valence electrons. The molecule has 10 aromatic rings. The molecule has 4 heteroatoms. The van der Waals surface area contributed by atoms with Crippen LogP contribution in [-0.4, -0.2) is 19.9 Å². The highest BCUT2D eigenvalue weighted by Crippen LogP contribution is 2.46. The van der Waals surface area contributed by atoms with E-state index in [0.717, 1.165) is 90.8 Å². The lowest BCUT2D eigenvalue weighted by atomic mass is 9.65. The van der Waals surface area contributed by atoms with Crippen LogP contribution in [0.4, 0.5) is 0 Å². The van der Waals surface area contributed by atoms with E-state index >= 15 is 0 Å². The van der Waals surface area contributed by atoms with Crippen molar-refractivity contribution < 1.29 is 0 Å². The highest BCUT2D eigenvalue weighted by Gasteiger charge is 2.35. The van der Waals surface area contributed by atoms with Crippen LogP contribution in [0, 0.1) is 0 Å². The normalized spacial score (nSPS) is 13.6. The fraction of sp³-hybridized carbons (Fsp3) is 0.103. The van der Waals surface area contributed by atoms with Crippen LogP contribution in [0.25, 0.3) is 89.1 Å². The van der Waals surface area contributed by atoms with Gasteiger partial charge in [-0.2, -0.15) is 0 Å². The molecule has 1 aliphatic rings. The summed E-state index contributed by atoms with van der Waals surface area (Å²) in [6, 6.07) is 69.2. The molecule has 1 saturated carbocycles. The number of hydrogen-bond donors (Lipinski definition) is 0. The summed E-state index contributed by atoms with van der Waals surface area (Å²) in [5.41, 5.74) is 17.4. The van der Waals surface area contributed by atoms with Crippen molar-refractivity contribution >= 4 is 21.8 Å². The Kier molecular flexibility index (Phi) is 9.74. The van der Waals surface area contributed by atoms with E-state index in [1.165, 1.54) is 41.5 Å². The fourth-order valence-electron chi connectivity index (χ4n) is 9.62. The zero-order valence-electron chi connectivity index (χ0n) is 34.5. The van der Waals surface area contributed by atoms with Gasteiger partial charge in [-0.3, -0.25) is 9.97 Å². The third-order valence-electron chi connectivity index (χ3n) is 12.9. The van der Waals surface area contributed by atoms with Crippen LogP contribution in [0.1, 0.15) is 43.2 Å². The van der Waals surface area contributed by atoms with E-state index in [0.29, 0.717) is 0 Å². The molecule has 0 aliphatic heterocycles. The number of pyridine rings is 4. The maximum absolute atomic E-state index is 5.02. The molecule has 6 aromatic carbocycles. The van der Waals surface area contributed by atoms with Gasteiger partial charge in [-0.05, 0) is 93.7 Å². The van der Waals surface area contributed by atoms with Crippen molar-refractivity contribution in [2.75, 3.05) is 0 Å². The Bertz CT molecular complexity index is 2940. The molecule has 4 nitrogen and oxygen atoms in total. The molecular formula is C58H44N4. The topological polar surface area (TPSA) is 51.6 Å². The predicted octanol–water partition coefficient (Wildman–Crippen LogP) is 14.8. The predicted molar refractivity (Wildman–Crippen MR) is 256 cm³/mol. The summed E-state index contributed by atoms with van der Waals surface area (Å²) in [5.74, 6) is 0. The van der Waals surface area contributed by atoms with Crippen molar-refractivity contribution in [2.45, 2.75) is 37.5 Å². The number of benzene rings is 6. The van der Waals surface area contributed by atoms with Gasteiger partial charge in [0.1, 0.15) is 0 Å². The zero-order chi connectivity index (χ0) is 41.3. The molecule has 62 heavy (non-hydrogen) atoms. The molecule has 0 amide bonds. The summed E-state index contributed by atoms with van der Waals surface area (Å²) in [4.78, 5) is 19.9. The SMILES string of the molecule is c1ccc(-c2cc(-c3ccc(-c4ccc(C5(c6ccc(-c7ccc(-c8cc(-c9ccccc9)c9ccccc9n8)nc7)cc6)CCCCC5)cc4)cn3)nc3ccccc23)cc1. The highest BCUT2D eigenvalue weighted by molar-refractivity contribution is 5.97. The number of para-hydroxylation sites is 2. The smallest absolute Gasteiger partial charge is 0.0900 e. The number of rotatable bonds is 8. The van der Waals surface area contributed by atoms with Crippen molar-refractivity contribution in [1.29, 1.82) is 0 Å². The molecule has 0 atom stereocenters. The summed E-state index contributed by atoms with van der Waals surface area (Å²) in [6.45, 7) is 0. The molecule has 4 aromatic heterocycles. The number of fused-ring (bicyclic) bond motifs is 2. The lowest BCUT2D eigenvalue weighted by molar-refractivity contribution is 0.346. The van der Waals surface area contributed by atoms with E-state index in [1.807, 2.05) is 24.5 Å². The van der Waals surface area contributed by atoms with Crippen LogP contribution >= 0.6 is 0 Å². The molecule has 4 heterocycles. The minimum Gasteiger partial charge on any atom is -0.254 e. The van der Waals surface area contributed by atoms with Gasteiger partial charge >= 0.3 is 0 Å². The molecule has 1 fully saturated rings. The summed E-state index contributed by atoms with van der Waals surface area (Å²) in [5, 5.41) is 2.28. The maximum atomic E-state index is 5.02. The van der Waals surface area contributed by atoms with Gasteiger partial charge in [0.15, 0.2) is 0 Å². The van der Waals surface area contributed by atoms with Gasteiger partial charge in [0.05, 0.1) is 33.8 Å². The fourth-order valence-corrected chi connectivity index (χ4v) is 9.62. The minimum absolute atomic E-state index is 0.0179. The van der Waals surface area contributed by atoms with Crippen LogP contribution in [0.2, 0.25) is 0 Å². The summed E-state index contributed by atoms with van der Waals surface area (Å²) in [7, 11) is 0. The largest absolute Gasteiger partial charge is 0.254 e. The Labute approximate surface area is 362 Å². The van der Waals surface area contributed by atoms with Crippen LogP contribution in [0.15, 0.2) is 207 Å². The summed E-state index contributed by atoms with van der Waals surface area (Å²) >= 11 is 0. The standard InChI is InChI=1S/C58H44N4/c1-4-14-42(15-5-1)50-36-56(61-52-20-10-8-18-48(50)52)54-32-26-44(38-59-54)40-22-28-46(29-23-40)58(34-12-3-13-35-58)47-30-24-41(25-31-47)45-27-33-55(60-39-45)57-37-51(43-16-6-2-7-17-43)49-19-9-11-21-53(49)62-57/h1-2,4-11,14-33,36-39H,3,12-13,34-35H2. The van der Waals surface area contributed by atoms with E-state index in [1.54, 1.807) is 0 Å². The average molecular weight is 797 g/mol. The highest BCUT2D eigenvalue weighted by atomic mass is 14.8. The van der Waals surface area contributed by atoms with E-state index in [4.69, 9.17) is 19.9 Å². The monoisotopic (exact) mass is 796 g/mol. The first-order chi connectivity index (χ1) is 30.7. The molecule has 0 saturated heterocycles. The second-order valence-electron chi connectivity index (χ2n) is 16.5. The Morgan fingerprint density at radius 2 is 0.726 bits per heavy atom. The maximum Gasteiger partial charge on any atom is 0.0900 e.